The maximum atomic E-state index is 13.5. The van der Waals surface area contributed by atoms with Crippen molar-refractivity contribution in [3.63, 3.8) is 0 Å². The molecule has 2 aliphatic carbocycles. The minimum absolute atomic E-state index is 0.000373. The first-order valence-electron chi connectivity index (χ1n) is 27.8. The van der Waals surface area contributed by atoms with Crippen LogP contribution in [0.5, 0.6) is 23.0 Å². The number of benzene rings is 2. The third-order valence-corrected chi connectivity index (χ3v) is 14.6. The summed E-state index contributed by atoms with van der Waals surface area (Å²) in [6.07, 6.45) is 13.8. The van der Waals surface area contributed by atoms with E-state index in [2.05, 4.69) is 76.7 Å². The molecule has 4 N–H and O–H groups in total. The molecule has 16 nitrogen and oxygen atoms in total. The Balaban J connectivity index is 0.000000277. The van der Waals surface area contributed by atoms with Gasteiger partial charge in [-0.1, -0.05) is 112 Å². The molecular formula is C59H90N8O8. The van der Waals surface area contributed by atoms with Crippen molar-refractivity contribution in [3.8, 4) is 45.5 Å². The first-order chi connectivity index (χ1) is 36.0. The van der Waals surface area contributed by atoms with Gasteiger partial charge in [-0.3, -0.25) is 28.5 Å². The van der Waals surface area contributed by atoms with Crippen molar-refractivity contribution < 1.29 is 38.1 Å². The number of hydrogen-bond donors (Lipinski definition) is 4. The summed E-state index contributed by atoms with van der Waals surface area (Å²) in [4.78, 5) is 52.5. The molecule has 2 aliphatic rings. The van der Waals surface area contributed by atoms with Crippen LogP contribution in [0.1, 0.15) is 173 Å². The normalized spacial score (nSPS) is 15.0. The van der Waals surface area contributed by atoms with Crippen molar-refractivity contribution in [2.75, 3.05) is 28.4 Å². The Kier molecular flexibility index (Phi) is 23.8. The van der Waals surface area contributed by atoms with Crippen molar-refractivity contribution >= 4 is 23.6 Å². The van der Waals surface area contributed by atoms with E-state index in [1.54, 1.807) is 34.5 Å². The number of carbonyl (C=O) groups is 4. The summed E-state index contributed by atoms with van der Waals surface area (Å²) >= 11 is 0. The minimum Gasteiger partial charge on any atom is -0.496 e. The molecule has 414 valence electrons. The zero-order valence-corrected chi connectivity index (χ0v) is 47.3. The van der Waals surface area contributed by atoms with E-state index in [0.717, 1.165) is 93.1 Å². The summed E-state index contributed by atoms with van der Waals surface area (Å²) in [7, 11) is 6.49. The van der Waals surface area contributed by atoms with Crippen LogP contribution >= 0.6 is 0 Å². The molecule has 6 rings (SSSR count). The zero-order chi connectivity index (χ0) is 54.6. The Bertz CT molecular complexity index is 2390. The number of carbonyl (C=O) groups excluding carboxylic acids is 4. The van der Waals surface area contributed by atoms with E-state index in [4.69, 9.17) is 29.1 Å². The lowest BCUT2D eigenvalue weighted by Gasteiger charge is -2.21. The van der Waals surface area contributed by atoms with E-state index in [0.29, 0.717) is 84.0 Å². The van der Waals surface area contributed by atoms with Crippen LogP contribution in [0.25, 0.3) is 22.5 Å². The Morgan fingerprint density at radius 2 is 0.920 bits per heavy atom. The topological polar surface area (TPSA) is 189 Å². The molecular weight excluding hydrogens is 949 g/mol. The average molecular weight is 1040 g/mol. The highest BCUT2D eigenvalue weighted by Crippen LogP contribution is 2.40. The van der Waals surface area contributed by atoms with Crippen LogP contribution in [0, 0.1) is 23.7 Å². The fraction of sp³-hybridized carbons (Fsp3) is 0.627. The Morgan fingerprint density at radius 3 is 1.24 bits per heavy atom. The molecule has 0 spiro atoms. The lowest BCUT2D eigenvalue weighted by atomic mass is 10.00. The highest BCUT2D eigenvalue weighted by atomic mass is 16.5. The quantitative estimate of drug-likeness (QED) is 0.0447. The SMILES string of the molecule is CCC(C)Cn1nc(C(=O)N[C@H](CC(=O)NC2CCCC2)CC(C)C)cc1-c1c(OC)cccc1OC.CCC(CC)Cn1nc(C(=O)N[C@H](CC(=O)NC2CCCC2)CC(C)C)cc1-c1c(OC)cccc1OC. The molecule has 1 unspecified atom stereocenters. The van der Waals surface area contributed by atoms with E-state index in [1.807, 2.05) is 51.8 Å². The lowest BCUT2D eigenvalue weighted by molar-refractivity contribution is -0.123. The van der Waals surface area contributed by atoms with Crippen molar-refractivity contribution in [2.45, 2.75) is 189 Å². The molecule has 2 fully saturated rings. The van der Waals surface area contributed by atoms with Gasteiger partial charge in [0, 0.05) is 50.1 Å². The number of ether oxygens (including phenoxy) is 4. The van der Waals surface area contributed by atoms with Gasteiger partial charge in [-0.2, -0.15) is 10.2 Å². The van der Waals surface area contributed by atoms with Crippen molar-refractivity contribution in [1.29, 1.82) is 0 Å². The molecule has 4 amide bonds. The monoisotopic (exact) mass is 1040 g/mol. The van der Waals surface area contributed by atoms with Crippen LogP contribution in [0.15, 0.2) is 48.5 Å². The maximum Gasteiger partial charge on any atom is 0.272 e. The molecule has 2 aromatic carbocycles. The highest BCUT2D eigenvalue weighted by molar-refractivity contribution is 5.95. The third-order valence-electron chi connectivity index (χ3n) is 14.6. The van der Waals surface area contributed by atoms with Gasteiger partial charge in [0.2, 0.25) is 11.8 Å². The predicted octanol–water partition coefficient (Wildman–Crippen LogP) is 10.8. The fourth-order valence-electron chi connectivity index (χ4n) is 10.4. The molecule has 0 radical (unpaired) electrons. The summed E-state index contributed by atoms with van der Waals surface area (Å²) in [5, 5.41) is 22.0. The van der Waals surface area contributed by atoms with Gasteiger partial charge in [0.1, 0.15) is 23.0 Å². The molecule has 75 heavy (non-hydrogen) atoms. The Morgan fingerprint density at radius 1 is 0.560 bits per heavy atom. The van der Waals surface area contributed by atoms with Gasteiger partial charge in [0.15, 0.2) is 11.4 Å². The van der Waals surface area contributed by atoms with Crippen LogP contribution in [-0.4, -0.2) is 95.8 Å². The van der Waals surface area contributed by atoms with Crippen LogP contribution < -0.4 is 40.2 Å². The molecule has 0 aliphatic heterocycles. The average Bonchev–Trinajstić information content (AvgIpc) is 4.24. The second kappa shape index (κ2) is 29.9. The van der Waals surface area contributed by atoms with Gasteiger partial charge < -0.3 is 40.2 Å². The number of nitrogens with zero attached hydrogens (tertiary/aromatic N) is 4. The number of rotatable bonds is 27. The standard InChI is InChI=1S/C30H46N4O4.C29H44N4O4/c1-7-21(8-2)19-34-25(29-26(37-5)14-11-15-27(29)38-6)18-24(33-34)30(36)32-23(16-20(3)4)17-28(35)31-22-12-9-10-13-22;1-7-20(4)18-33-24(28-25(36-5)13-10-14-26(28)37-6)17-23(32-33)29(35)31-22(15-19(2)3)16-27(34)30-21-11-8-9-12-21/h11,14-15,18,20-23H,7-10,12-13,16-17,19H2,1-6H3,(H,31,35)(H,32,36);10,13-14,17,19-22H,7-9,11-12,15-16,18H2,1-6H3,(H,30,34)(H,31,35)/t23-;20?,22-/m00/s1. The Hall–Kier alpha value is -6.06. The van der Waals surface area contributed by atoms with E-state index in [-0.39, 0.29) is 60.6 Å². The van der Waals surface area contributed by atoms with E-state index < -0.39 is 0 Å². The molecule has 3 atom stereocenters. The highest BCUT2D eigenvalue weighted by Gasteiger charge is 2.28. The maximum absolute atomic E-state index is 13.5. The summed E-state index contributed by atoms with van der Waals surface area (Å²) < 4.78 is 26.4. The summed E-state index contributed by atoms with van der Waals surface area (Å²) in [6, 6.07) is 14.9. The number of aromatic nitrogens is 4. The van der Waals surface area contributed by atoms with Crippen LogP contribution in [0.4, 0.5) is 0 Å². The summed E-state index contributed by atoms with van der Waals surface area (Å²) in [6.45, 7) is 18.4. The number of methoxy groups -OCH3 is 4. The van der Waals surface area contributed by atoms with Gasteiger partial charge in [0.05, 0.1) is 51.0 Å². The van der Waals surface area contributed by atoms with Crippen molar-refractivity contribution in [3.05, 3.63) is 59.9 Å². The van der Waals surface area contributed by atoms with Crippen LogP contribution in [-0.2, 0) is 22.7 Å². The van der Waals surface area contributed by atoms with Gasteiger partial charge in [-0.25, -0.2) is 0 Å². The molecule has 2 heterocycles. The smallest absolute Gasteiger partial charge is 0.272 e. The second-order valence-electron chi connectivity index (χ2n) is 21.6. The zero-order valence-electron chi connectivity index (χ0n) is 47.3. The van der Waals surface area contributed by atoms with Crippen molar-refractivity contribution in [2.24, 2.45) is 23.7 Å². The van der Waals surface area contributed by atoms with Crippen LogP contribution in [0.2, 0.25) is 0 Å². The van der Waals surface area contributed by atoms with Crippen LogP contribution in [0.3, 0.4) is 0 Å². The third kappa shape index (κ3) is 17.5. The molecule has 0 bridgehead atoms. The molecule has 4 aromatic rings. The summed E-state index contributed by atoms with van der Waals surface area (Å²) in [5.74, 6) is 3.51. The molecule has 2 aromatic heterocycles. The second-order valence-corrected chi connectivity index (χ2v) is 21.6. The van der Waals surface area contributed by atoms with Gasteiger partial charge in [-0.05, 0) is 98.6 Å². The van der Waals surface area contributed by atoms with E-state index in [1.165, 1.54) is 0 Å². The van der Waals surface area contributed by atoms with Gasteiger partial charge >= 0.3 is 0 Å². The molecule has 16 heteroatoms. The predicted molar refractivity (Wildman–Crippen MR) is 297 cm³/mol. The van der Waals surface area contributed by atoms with E-state index >= 15 is 0 Å². The molecule has 0 saturated heterocycles. The summed E-state index contributed by atoms with van der Waals surface area (Å²) in [5.41, 5.74) is 3.71. The first-order valence-corrected chi connectivity index (χ1v) is 27.8. The number of nitrogens with one attached hydrogen (secondary N) is 4. The van der Waals surface area contributed by atoms with Crippen molar-refractivity contribution in [1.82, 2.24) is 40.8 Å². The van der Waals surface area contributed by atoms with E-state index in [9.17, 15) is 19.2 Å². The first kappa shape index (κ1) is 59.8. The van der Waals surface area contributed by atoms with Gasteiger partial charge in [-0.15, -0.1) is 0 Å². The number of amides is 4. The Labute approximate surface area is 447 Å². The lowest BCUT2D eigenvalue weighted by Crippen LogP contribution is -2.42. The fourth-order valence-corrected chi connectivity index (χ4v) is 10.4. The largest absolute Gasteiger partial charge is 0.496 e. The minimum atomic E-state index is -0.280. The molecule has 2 saturated carbocycles. The number of hydrogen-bond acceptors (Lipinski definition) is 10. The van der Waals surface area contributed by atoms with Gasteiger partial charge in [0.25, 0.3) is 11.8 Å².